The van der Waals surface area contributed by atoms with Gasteiger partial charge in [-0.25, -0.2) is 4.39 Å². The van der Waals surface area contributed by atoms with Crippen molar-refractivity contribution in [3.63, 3.8) is 0 Å². The Labute approximate surface area is 146 Å². The lowest BCUT2D eigenvalue weighted by Crippen LogP contribution is -2.21. The third kappa shape index (κ3) is 4.88. The lowest BCUT2D eigenvalue weighted by Gasteiger charge is -2.14. The zero-order chi connectivity index (χ0) is 16.8. The van der Waals surface area contributed by atoms with E-state index < -0.39 is 24.9 Å². The van der Waals surface area contributed by atoms with Crippen LogP contribution < -0.4 is 10.1 Å². The molecular weight excluding hydrogens is 416 g/mol. The van der Waals surface area contributed by atoms with Crippen molar-refractivity contribution in [1.82, 2.24) is 0 Å². The quantitative estimate of drug-likeness (QED) is 0.615. The summed E-state index contributed by atoms with van der Waals surface area (Å²) in [6.45, 7) is -1.24. The molecule has 2 aromatic carbocycles. The zero-order valence-electron chi connectivity index (χ0n) is 12.1. The van der Waals surface area contributed by atoms with E-state index in [-0.39, 0.29) is 23.5 Å². The minimum Gasteiger partial charge on any atom is -0.483 e. The maximum atomic E-state index is 13.3. The van der Waals surface area contributed by atoms with E-state index in [1.165, 1.54) is 0 Å². The summed E-state index contributed by atoms with van der Waals surface area (Å²) in [5, 5.41) is 21.2. The number of benzene rings is 2. The molecule has 0 saturated heterocycles. The highest BCUT2D eigenvalue weighted by molar-refractivity contribution is 14.1. The Balaban J connectivity index is 2.07. The molecule has 0 aliphatic heterocycles. The van der Waals surface area contributed by atoms with Gasteiger partial charge >= 0.3 is 0 Å². The fraction of sp³-hybridized carbons (Fsp3) is 0.188. The Morgan fingerprint density at radius 1 is 1.17 bits per heavy atom. The number of hydrogen-bond acceptors (Lipinski definition) is 4. The van der Waals surface area contributed by atoms with E-state index in [1.807, 2.05) is 12.1 Å². The number of aliphatic hydroxyl groups excluding tert-OH is 2. The first-order valence-electron chi connectivity index (χ1n) is 6.74. The maximum Gasteiger partial charge on any atom is 0.262 e. The van der Waals surface area contributed by atoms with Crippen molar-refractivity contribution in [2.45, 2.75) is 13.2 Å². The van der Waals surface area contributed by atoms with E-state index in [2.05, 4.69) is 27.9 Å². The average molecular weight is 431 g/mol. The van der Waals surface area contributed by atoms with Crippen LogP contribution in [0, 0.1) is 9.39 Å². The minimum absolute atomic E-state index is 0.120. The van der Waals surface area contributed by atoms with Crippen molar-refractivity contribution in [3.05, 3.63) is 56.9 Å². The molecule has 5 nitrogen and oxygen atoms in total. The van der Waals surface area contributed by atoms with Gasteiger partial charge in [0.05, 0.1) is 13.2 Å². The molecular formula is C16H15FINO4. The Morgan fingerprint density at radius 2 is 1.83 bits per heavy atom. The average Bonchev–Trinajstić information content (AvgIpc) is 2.52. The van der Waals surface area contributed by atoms with Crippen LogP contribution in [0.2, 0.25) is 0 Å². The topological polar surface area (TPSA) is 78.8 Å². The Kier molecular flexibility index (Phi) is 6.31. The number of anilines is 1. The van der Waals surface area contributed by atoms with Gasteiger partial charge in [0.1, 0.15) is 11.6 Å². The summed E-state index contributed by atoms with van der Waals surface area (Å²) in [5.74, 6) is -0.868. The highest BCUT2D eigenvalue weighted by Gasteiger charge is 2.13. The molecule has 122 valence electrons. The van der Waals surface area contributed by atoms with Crippen molar-refractivity contribution < 1.29 is 24.1 Å². The highest BCUT2D eigenvalue weighted by atomic mass is 127. The first kappa shape index (κ1) is 17.6. The molecule has 3 N–H and O–H groups in total. The van der Waals surface area contributed by atoms with Crippen LogP contribution >= 0.6 is 22.6 Å². The molecule has 1 amide bonds. The van der Waals surface area contributed by atoms with E-state index in [4.69, 9.17) is 4.74 Å². The van der Waals surface area contributed by atoms with Crippen molar-refractivity contribution in [3.8, 4) is 5.75 Å². The number of rotatable bonds is 6. The second-order valence-electron chi connectivity index (χ2n) is 4.72. The van der Waals surface area contributed by atoms with Gasteiger partial charge in [-0.2, -0.15) is 0 Å². The lowest BCUT2D eigenvalue weighted by atomic mass is 10.1. The Hall–Kier alpha value is -1.71. The number of carbonyl (C=O) groups is 1. The number of ether oxygens (including phenoxy) is 1. The van der Waals surface area contributed by atoms with Crippen molar-refractivity contribution in [2.24, 2.45) is 0 Å². The summed E-state index contributed by atoms with van der Waals surface area (Å²) >= 11 is 2.13. The standard InChI is InChI=1S/C16H15FINO4/c17-12-4-10(7-20)16(11(5-12)8-21)23-9-15(22)19-14-3-1-2-13(18)6-14/h1-6,20-21H,7-9H2,(H,19,22). The minimum atomic E-state index is -0.589. The molecule has 0 aliphatic rings. The third-order valence-corrected chi connectivity index (χ3v) is 3.68. The Morgan fingerprint density at radius 3 is 2.39 bits per heavy atom. The lowest BCUT2D eigenvalue weighted by molar-refractivity contribution is -0.118. The summed E-state index contributed by atoms with van der Waals surface area (Å²) in [5.41, 5.74) is 0.988. The molecule has 2 aromatic rings. The van der Waals surface area contributed by atoms with Crippen LogP contribution in [0.25, 0.3) is 0 Å². The monoisotopic (exact) mass is 431 g/mol. The summed E-state index contributed by atoms with van der Waals surface area (Å²) in [6.07, 6.45) is 0. The smallest absolute Gasteiger partial charge is 0.262 e. The van der Waals surface area contributed by atoms with Crippen LogP contribution in [-0.4, -0.2) is 22.7 Å². The second-order valence-corrected chi connectivity index (χ2v) is 5.96. The van der Waals surface area contributed by atoms with Crippen LogP contribution in [0.1, 0.15) is 11.1 Å². The molecule has 0 aliphatic carbocycles. The van der Waals surface area contributed by atoms with E-state index >= 15 is 0 Å². The van der Waals surface area contributed by atoms with Gasteiger partial charge in [0.15, 0.2) is 6.61 Å². The molecule has 0 heterocycles. The number of aliphatic hydroxyl groups is 2. The molecule has 0 radical (unpaired) electrons. The number of halogens is 2. The number of nitrogens with one attached hydrogen (secondary N) is 1. The van der Waals surface area contributed by atoms with Crippen LogP contribution in [-0.2, 0) is 18.0 Å². The van der Waals surface area contributed by atoms with E-state index in [1.54, 1.807) is 12.1 Å². The predicted molar refractivity (Wildman–Crippen MR) is 91.5 cm³/mol. The van der Waals surface area contributed by atoms with Crippen molar-refractivity contribution >= 4 is 34.2 Å². The molecule has 0 aromatic heterocycles. The number of hydrogen-bond donors (Lipinski definition) is 3. The molecule has 0 bridgehead atoms. The predicted octanol–water partition coefficient (Wildman–Crippen LogP) is 2.43. The molecule has 0 fully saturated rings. The van der Waals surface area contributed by atoms with Gasteiger partial charge in [-0.1, -0.05) is 6.07 Å². The fourth-order valence-corrected chi connectivity index (χ4v) is 2.58. The molecule has 2 rings (SSSR count). The van der Waals surface area contributed by atoms with Gasteiger partial charge in [0.25, 0.3) is 5.91 Å². The second kappa shape index (κ2) is 8.23. The normalized spacial score (nSPS) is 10.4. The molecule has 0 unspecified atom stereocenters. The van der Waals surface area contributed by atoms with Crippen LogP contribution in [0.15, 0.2) is 36.4 Å². The fourth-order valence-electron chi connectivity index (χ4n) is 2.03. The van der Waals surface area contributed by atoms with Crippen LogP contribution in [0.4, 0.5) is 10.1 Å². The zero-order valence-corrected chi connectivity index (χ0v) is 14.2. The molecule has 7 heteroatoms. The van der Waals surface area contributed by atoms with Crippen LogP contribution in [0.5, 0.6) is 5.75 Å². The first-order chi connectivity index (χ1) is 11.0. The van der Waals surface area contributed by atoms with Gasteiger partial charge in [-0.05, 0) is 52.9 Å². The van der Waals surface area contributed by atoms with E-state index in [0.29, 0.717) is 5.69 Å². The van der Waals surface area contributed by atoms with Gasteiger partial charge < -0.3 is 20.3 Å². The van der Waals surface area contributed by atoms with Gasteiger partial charge in [0, 0.05) is 20.4 Å². The number of amides is 1. The largest absolute Gasteiger partial charge is 0.483 e. The van der Waals surface area contributed by atoms with Crippen molar-refractivity contribution in [2.75, 3.05) is 11.9 Å². The SMILES string of the molecule is O=C(COc1c(CO)cc(F)cc1CO)Nc1cccc(I)c1. The van der Waals surface area contributed by atoms with Gasteiger partial charge in [-0.3, -0.25) is 4.79 Å². The highest BCUT2D eigenvalue weighted by Crippen LogP contribution is 2.26. The maximum absolute atomic E-state index is 13.3. The summed E-state index contributed by atoms with van der Waals surface area (Å²) in [4.78, 5) is 11.9. The number of carbonyl (C=O) groups excluding carboxylic acids is 1. The first-order valence-corrected chi connectivity index (χ1v) is 7.82. The third-order valence-electron chi connectivity index (χ3n) is 3.00. The van der Waals surface area contributed by atoms with E-state index in [9.17, 15) is 19.4 Å². The molecule has 0 atom stereocenters. The van der Waals surface area contributed by atoms with Gasteiger partial charge in [-0.15, -0.1) is 0 Å². The Bertz CT molecular complexity index is 683. The summed E-state index contributed by atoms with van der Waals surface area (Å²) in [6, 6.07) is 9.46. The summed E-state index contributed by atoms with van der Waals surface area (Å²) in [7, 11) is 0. The molecule has 0 saturated carbocycles. The van der Waals surface area contributed by atoms with E-state index in [0.717, 1.165) is 15.7 Å². The summed E-state index contributed by atoms with van der Waals surface area (Å²) < 4.78 is 19.7. The molecule has 23 heavy (non-hydrogen) atoms. The van der Waals surface area contributed by atoms with Crippen molar-refractivity contribution in [1.29, 1.82) is 0 Å². The van der Waals surface area contributed by atoms with Crippen LogP contribution in [0.3, 0.4) is 0 Å². The van der Waals surface area contributed by atoms with Gasteiger partial charge in [0.2, 0.25) is 0 Å². The molecule has 0 spiro atoms.